The maximum atomic E-state index is 12.4. The summed E-state index contributed by atoms with van der Waals surface area (Å²) in [5.74, 6) is 0.738. The Kier molecular flexibility index (Phi) is 4.39. The Bertz CT molecular complexity index is 532. The van der Waals surface area contributed by atoms with Gasteiger partial charge in [-0.05, 0) is 31.6 Å². The molecule has 2 aliphatic rings. The van der Waals surface area contributed by atoms with Crippen molar-refractivity contribution in [1.82, 2.24) is 20.4 Å². The average Bonchev–Trinajstić information content (AvgIpc) is 3.02. The summed E-state index contributed by atoms with van der Waals surface area (Å²) in [6.45, 7) is 7.77. The molecule has 22 heavy (non-hydrogen) atoms. The van der Waals surface area contributed by atoms with Crippen molar-refractivity contribution >= 4 is 17.4 Å². The second kappa shape index (κ2) is 6.14. The number of urea groups is 1. The van der Waals surface area contributed by atoms with Gasteiger partial charge < -0.3 is 10.2 Å². The first-order valence-corrected chi connectivity index (χ1v) is 9.14. The van der Waals surface area contributed by atoms with Crippen LogP contribution in [0.25, 0.3) is 0 Å². The van der Waals surface area contributed by atoms with Gasteiger partial charge in [0.2, 0.25) is 0 Å². The van der Waals surface area contributed by atoms with E-state index >= 15 is 0 Å². The van der Waals surface area contributed by atoms with Crippen molar-refractivity contribution in [2.45, 2.75) is 70.9 Å². The summed E-state index contributed by atoms with van der Waals surface area (Å²) in [6.07, 6.45) is 6.23. The molecule has 2 heterocycles. The molecule has 1 atom stereocenters. The fraction of sp³-hybridized carbons (Fsp3) is 0.812. The molecule has 6 heteroatoms. The van der Waals surface area contributed by atoms with Gasteiger partial charge in [-0.25, -0.2) is 4.79 Å². The third-order valence-corrected chi connectivity index (χ3v) is 6.10. The third-order valence-electron chi connectivity index (χ3n) is 4.75. The number of carbonyl (C=O) groups is 1. The lowest BCUT2D eigenvalue weighted by molar-refractivity contribution is 0.139. The number of amides is 2. The summed E-state index contributed by atoms with van der Waals surface area (Å²) in [7, 11) is 0. The minimum Gasteiger partial charge on any atom is -0.331 e. The molecule has 1 N–H and O–H groups in total. The zero-order valence-electron chi connectivity index (χ0n) is 13.8. The minimum absolute atomic E-state index is 0.0181. The maximum absolute atomic E-state index is 12.4. The van der Waals surface area contributed by atoms with Crippen LogP contribution in [0.3, 0.4) is 0 Å². The lowest BCUT2D eigenvalue weighted by atomic mass is 9.79. The van der Waals surface area contributed by atoms with Gasteiger partial charge in [-0.2, -0.15) is 0 Å². The molecule has 1 aliphatic heterocycles. The highest BCUT2D eigenvalue weighted by Gasteiger charge is 2.37. The van der Waals surface area contributed by atoms with Crippen LogP contribution in [0.4, 0.5) is 4.79 Å². The first-order chi connectivity index (χ1) is 10.4. The van der Waals surface area contributed by atoms with Crippen LogP contribution in [-0.4, -0.2) is 33.7 Å². The summed E-state index contributed by atoms with van der Waals surface area (Å²) in [5, 5.41) is 13.4. The van der Waals surface area contributed by atoms with Crippen LogP contribution in [0.15, 0.2) is 0 Å². The average molecular weight is 322 g/mol. The molecule has 0 unspecified atom stereocenters. The molecule has 0 bridgehead atoms. The second-order valence-corrected chi connectivity index (χ2v) is 8.57. The van der Waals surface area contributed by atoms with Crippen molar-refractivity contribution in [3.8, 4) is 0 Å². The molecule has 3 rings (SSSR count). The molecule has 122 valence electrons. The van der Waals surface area contributed by atoms with Crippen LogP contribution in [0, 0.1) is 5.92 Å². The molecule has 2 amide bonds. The minimum atomic E-state index is 0.0181. The molecule has 2 fully saturated rings. The number of aromatic nitrogens is 2. The van der Waals surface area contributed by atoms with Crippen LogP contribution in [0.1, 0.15) is 62.9 Å². The van der Waals surface area contributed by atoms with Gasteiger partial charge in [-0.3, -0.25) is 0 Å². The van der Waals surface area contributed by atoms with E-state index in [-0.39, 0.29) is 11.4 Å². The van der Waals surface area contributed by atoms with Gasteiger partial charge in [-0.1, -0.05) is 38.5 Å². The zero-order valence-corrected chi connectivity index (χ0v) is 14.6. The summed E-state index contributed by atoms with van der Waals surface area (Å²) in [6, 6.07) is 0.537. The van der Waals surface area contributed by atoms with Gasteiger partial charge in [0.25, 0.3) is 0 Å². The number of carbonyl (C=O) groups excluding carboxylic acids is 1. The summed E-state index contributed by atoms with van der Waals surface area (Å²) in [4.78, 5) is 14.5. The predicted octanol–water partition coefficient (Wildman–Crippen LogP) is 3.31. The Morgan fingerprint density at radius 1 is 1.27 bits per heavy atom. The number of nitrogens with zero attached hydrogens (tertiary/aromatic N) is 3. The molecule has 5 nitrogen and oxygen atoms in total. The highest BCUT2D eigenvalue weighted by Crippen LogP contribution is 2.37. The van der Waals surface area contributed by atoms with Crippen molar-refractivity contribution in [3.63, 3.8) is 0 Å². The van der Waals surface area contributed by atoms with Crippen molar-refractivity contribution in [2.24, 2.45) is 5.92 Å². The molecular formula is C16H26N4OS. The standard InChI is InChI=1S/C16H26N4OS/c1-16(2,3)14-19-18-13(22-14)10-17-15(21)20-9-5-8-12(20)11-6-4-7-11/h11-12H,4-10H2,1-3H3,(H,17,21)/t12-/m1/s1. The smallest absolute Gasteiger partial charge is 0.318 e. The molecular weight excluding hydrogens is 296 g/mol. The second-order valence-electron chi connectivity index (χ2n) is 7.50. The first kappa shape index (κ1) is 15.7. The van der Waals surface area contributed by atoms with Crippen LogP contribution >= 0.6 is 11.3 Å². The molecule has 1 aliphatic carbocycles. The van der Waals surface area contributed by atoms with E-state index in [1.807, 2.05) is 0 Å². The van der Waals surface area contributed by atoms with E-state index in [4.69, 9.17) is 0 Å². The van der Waals surface area contributed by atoms with E-state index in [9.17, 15) is 4.79 Å². The van der Waals surface area contributed by atoms with Crippen molar-refractivity contribution in [2.75, 3.05) is 6.54 Å². The SMILES string of the molecule is CC(C)(C)c1nnc(CNC(=O)N2CCC[C@@H]2C2CCC2)s1. The van der Waals surface area contributed by atoms with Crippen LogP contribution in [0.2, 0.25) is 0 Å². The molecule has 1 saturated carbocycles. The number of hydrogen-bond donors (Lipinski definition) is 1. The highest BCUT2D eigenvalue weighted by atomic mass is 32.1. The van der Waals surface area contributed by atoms with E-state index < -0.39 is 0 Å². The molecule has 1 aromatic heterocycles. The quantitative estimate of drug-likeness (QED) is 0.929. The van der Waals surface area contributed by atoms with Crippen molar-refractivity contribution in [3.05, 3.63) is 10.0 Å². The number of nitrogens with one attached hydrogen (secondary N) is 1. The normalized spacial score (nSPS) is 22.7. The van der Waals surface area contributed by atoms with Gasteiger partial charge in [0.05, 0.1) is 6.54 Å². The zero-order chi connectivity index (χ0) is 15.7. The molecule has 0 aromatic carbocycles. The van der Waals surface area contributed by atoms with E-state index in [0.717, 1.165) is 28.9 Å². The molecule has 0 spiro atoms. The Balaban J connectivity index is 1.54. The topological polar surface area (TPSA) is 58.1 Å². The molecule has 0 radical (unpaired) electrons. The third kappa shape index (κ3) is 3.26. The Morgan fingerprint density at radius 3 is 2.64 bits per heavy atom. The monoisotopic (exact) mass is 322 g/mol. The van der Waals surface area contributed by atoms with Gasteiger partial charge in [0.1, 0.15) is 10.0 Å². The Hall–Kier alpha value is -1.17. The van der Waals surface area contributed by atoms with Gasteiger partial charge in [-0.15, -0.1) is 10.2 Å². The summed E-state index contributed by atoms with van der Waals surface area (Å²) in [5.41, 5.74) is 0.0181. The predicted molar refractivity (Wildman–Crippen MR) is 87.9 cm³/mol. The first-order valence-electron chi connectivity index (χ1n) is 8.32. The van der Waals surface area contributed by atoms with Gasteiger partial charge >= 0.3 is 6.03 Å². The fourth-order valence-corrected chi connectivity index (χ4v) is 4.08. The maximum Gasteiger partial charge on any atom is 0.318 e. The van der Waals surface area contributed by atoms with E-state index in [2.05, 4.69) is 41.2 Å². The van der Waals surface area contributed by atoms with E-state index in [1.165, 1.54) is 25.7 Å². The summed E-state index contributed by atoms with van der Waals surface area (Å²) < 4.78 is 0. The number of likely N-dealkylation sites (tertiary alicyclic amines) is 1. The van der Waals surface area contributed by atoms with Crippen LogP contribution in [-0.2, 0) is 12.0 Å². The van der Waals surface area contributed by atoms with Crippen molar-refractivity contribution < 1.29 is 4.79 Å². The number of hydrogen-bond acceptors (Lipinski definition) is 4. The van der Waals surface area contributed by atoms with Gasteiger partial charge in [0.15, 0.2) is 0 Å². The Labute approximate surface area is 136 Å². The highest BCUT2D eigenvalue weighted by molar-refractivity contribution is 7.11. The fourth-order valence-electron chi connectivity index (χ4n) is 3.24. The van der Waals surface area contributed by atoms with E-state index in [1.54, 1.807) is 11.3 Å². The Morgan fingerprint density at radius 2 is 2.05 bits per heavy atom. The van der Waals surface area contributed by atoms with Crippen LogP contribution in [0.5, 0.6) is 0 Å². The number of rotatable bonds is 3. The summed E-state index contributed by atoms with van der Waals surface area (Å²) >= 11 is 1.59. The van der Waals surface area contributed by atoms with Crippen LogP contribution < -0.4 is 5.32 Å². The van der Waals surface area contributed by atoms with Gasteiger partial charge in [0, 0.05) is 18.0 Å². The van der Waals surface area contributed by atoms with Crippen molar-refractivity contribution in [1.29, 1.82) is 0 Å². The largest absolute Gasteiger partial charge is 0.331 e. The molecule has 1 aromatic rings. The molecule has 1 saturated heterocycles. The lowest BCUT2D eigenvalue weighted by Gasteiger charge is -2.36. The lowest BCUT2D eigenvalue weighted by Crippen LogP contribution is -2.46. The van der Waals surface area contributed by atoms with E-state index in [0.29, 0.717) is 12.6 Å².